The topological polar surface area (TPSA) is 104 Å². The van der Waals surface area contributed by atoms with Gasteiger partial charge in [0.25, 0.3) is 5.91 Å². The molecule has 8 nitrogen and oxygen atoms in total. The van der Waals surface area contributed by atoms with E-state index in [2.05, 4.69) is 28.6 Å². The van der Waals surface area contributed by atoms with Gasteiger partial charge in [0, 0.05) is 29.6 Å². The molecule has 2 fully saturated rings. The normalized spacial score (nSPS) is 22.6. The molecule has 2 heterocycles. The van der Waals surface area contributed by atoms with E-state index in [1.54, 1.807) is 7.11 Å². The number of imide groups is 1. The molecule has 1 spiro atoms. The molecular weight excluding hydrogens is 456 g/mol. The Balaban J connectivity index is 1.32. The molecule has 2 aliphatic rings. The zero-order chi connectivity index (χ0) is 25.3. The Hall–Kier alpha value is -3.81. The van der Waals surface area contributed by atoms with Crippen LogP contribution in [-0.4, -0.2) is 53.5 Å². The van der Waals surface area contributed by atoms with Crippen LogP contribution >= 0.6 is 0 Å². The van der Waals surface area contributed by atoms with E-state index in [9.17, 15) is 14.4 Å². The molecule has 1 saturated carbocycles. The first kappa shape index (κ1) is 23.9. The predicted molar refractivity (Wildman–Crippen MR) is 137 cm³/mol. The van der Waals surface area contributed by atoms with E-state index in [0.717, 1.165) is 45.5 Å². The van der Waals surface area contributed by atoms with Gasteiger partial charge in [0.1, 0.15) is 17.8 Å². The number of aromatic amines is 1. The number of nitrogens with one attached hydrogen (secondary N) is 3. The Kier molecular flexibility index (Phi) is 6.43. The molecule has 1 atom stereocenters. The second-order valence-electron chi connectivity index (χ2n) is 10.0. The number of ether oxygens (including phenoxy) is 1. The number of para-hydroxylation sites is 1. The number of aromatic nitrogens is 1. The Labute approximate surface area is 210 Å². The van der Waals surface area contributed by atoms with E-state index in [4.69, 9.17) is 4.74 Å². The summed E-state index contributed by atoms with van der Waals surface area (Å²) >= 11 is 0. The molecule has 2 aromatic carbocycles. The zero-order valence-electron chi connectivity index (χ0n) is 20.7. The zero-order valence-corrected chi connectivity index (χ0v) is 20.7. The van der Waals surface area contributed by atoms with Gasteiger partial charge >= 0.3 is 6.03 Å². The van der Waals surface area contributed by atoms with E-state index in [1.807, 2.05) is 48.7 Å². The number of benzene rings is 2. The van der Waals surface area contributed by atoms with Gasteiger partial charge in [0.2, 0.25) is 5.91 Å². The maximum atomic E-state index is 13.1. The highest BCUT2D eigenvalue weighted by molar-refractivity contribution is 6.09. The van der Waals surface area contributed by atoms with Gasteiger partial charge in [-0.25, -0.2) is 4.79 Å². The number of hydrogen-bond donors (Lipinski definition) is 3. The van der Waals surface area contributed by atoms with E-state index in [-0.39, 0.29) is 24.3 Å². The van der Waals surface area contributed by atoms with Crippen molar-refractivity contribution in [2.45, 2.75) is 44.1 Å². The number of H-pyrrole nitrogens is 1. The van der Waals surface area contributed by atoms with Crippen molar-refractivity contribution in [2.75, 3.05) is 20.2 Å². The molecule has 3 aromatic rings. The summed E-state index contributed by atoms with van der Waals surface area (Å²) in [6.45, 7) is 2.19. The van der Waals surface area contributed by atoms with Gasteiger partial charge in [0.15, 0.2) is 0 Å². The molecule has 0 unspecified atom stereocenters. The average Bonchev–Trinajstić information content (AvgIpc) is 3.41. The van der Waals surface area contributed by atoms with E-state index in [0.29, 0.717) is 25.3 Å². The van der Waals surface area contributed by atoms with Crippen molar-refractivity contribution in [1.29, 1.82) is 0 Å². The van der Waals surface area contributed by atoms with Crippen LogP contribution in [0.3, 0.4) is 0 Å². The summed E-state index contributed by atoms with van der Waals surface area (Å²) in [6, 6.07) is 15.3. The molecule has 1 saturated heterocycles. The first-order valence-corrected chi connectivity index (χ1v) is 12.5. The summed E-state index contributed by atoms with van der Waals surface area (Å²) in [5, 5.41) is 6.93. The third kappa shape index (κ3) is 4.43. The van der Waals surface area contributed by atoms with E-state index < -0.39 is 11.6 Å². The lowest BCUT2D eigenvalue weighted by molar-refractivity contribution is -0.136. The lowest BCUT2D eigenvalue weighted by Crippen LogP contribution is -2.50. The number of hydrogen-bond acceptors (Lipinski definition) is 4. The van der Waals surface area contributed by atoms with Crippen molar-refractivity contribution in [3.8, 4) is 5.75 Å². The van der Waals surface area contributed by atoms with Crippen LogP contribution in [0.2, 0.25) is 0 Å². The van der Waals surface area contributed by atoms with Crippen LogP contribution in [0.4, 0.5) is 4.79 Å². The molecular formula is C28H32N4O4. The van der Waals surface area contributed by atoms with Crippen LogP contribution in [0, 0.1) is 5.92 Å². The minimum Gasteiger partial charge on any atom is -0.497 e. The Morgan fingerprint density at radius 3 is 2.58 bits per heavy atom. The SMILES string of the molecule is COc1ccc([C@H](CNC(=O)CN2C(=O)NC3(CCC(C)CC3)C2=O)c2c[nH]c3ccccc23)cc1. The minimum atomic E-state index is -0.848. The Morgan fingerprint density at radius 1 is 1.14 bits per heavy atom. The summed E-state index contributed by atoms with van der Waals surface area (Å²) in [5.74, 6) is 0.517. The second-order valence-corrected chi connectivity index (χ2v) is 10.0. The number of carbonyl (C=O) groups excluding carboxylic acids is 3. The van der Waals surface area contributed by atoms with Gasteiger partial charge in [-0.1, -0.05) is 37.3 Å². The van der Waals surface area contributed by atoms with E-state index >= 15 is 0 Å². The average molecular weight is 489 g/mol. The van der Waals surface area contributed by atoms with Crippen LogP contribution in [0.5, 0.6) is 5.75 Å². The van der Waals surface area contributed by atoms with Crippen LogP contribution in [0.25, 0.3) is 10.9 Å². The molecule has 188 valence electrons. The van der Waals surface area contributed by atoms with Gasteiger partial charge in [-0.05, 0) is 60.9 Å². The molecule has 5 rings (SSSR count). The minimum absolute atomic E-state index is 0.134. The number of methoxy groups -OCH3 is 1. The fourth-order valence-corrected chi connectivity index (χ4v) is 5.45. The van der Waals surface area contributed by atoms with Gasteiger partial charge in [-0.3, -0.25) is 14.5 Å². The fourth-order valence-electron chi connectivity index (χ4n) is 5.45. The van der Waals surface area contributed by atoms with Crippen LogP contribution in [-0.2, 0) is 9.59 Å². The number of nitrogens with zero attached hydrogens (tertiary/aromatic N) is 1. The first-order valence-electron chi connectivity index (χ1n) is 12.5. The van der Waals surface area contributed by atoms with Crippen molar-refractivity contribution in [2.24, 2.45) is 5.92 Å². The van der Waals surface area contributed by atoms with Gasteiger partial charge in [-0.2, -0.15) is 0 Å². The maximum absolute atomic E-state index is 13.1. The van der Waals surface area contributed by atoms with Crippen LogP contribution < -0.4 is 15.4 Å². The molecule has 4 amide bonds. The lowest BCUT2D eigenvalue weighted by Gasteiger charge is -2.33. The quantitative estimate of drug-likeness (QED) is 0.439. The van der Waals surface area contributed by atoms with Gasteiger partial charge in [-0.15, -0.1) is 0 Å². The number of rotatable bonds is 7. The largest absolute Gasteiger partial charge is 0.497 e. The Morgan fingerprint density at radius 2 is 1.86 bits per heavy atom. The second kappa shape index (κ2) is 9.68. The molecule has 0 bridgehead atoms. The summed E-state index contributed by atoms with van der Waals surface area (Å²) in [7, 11) is 1.63. The number of amides is 4. The third-order valence-corrected chi connectivity index (χ3v) is 7.69. The smallest absolute Gasteiger partial charge is 0.325 e. The molecule has 8 heteroatoms. The molecule has 1 aromatic heterocycles. The molecule has 1 aliphatic carbocycles. The van der Waals surface area contributed by atoms with Gasteiger partial charge in [0.05, 0.1) is 7.11 Å². The third-order valence-electron chi connectivity index (χ3n) is 7.69. The highest BCUT2D eigenvalue weighted by Gasteiger charge is 2.52. The molecule has 36 heavy (non-hydrogen) atoms. The summed E-state index contributed by atoms with van der Waals surface area (Å²) < 4.78 is 5.30. The molecule has 3 N–H and O–H groups in total. The lowest BCUT2D eigenvalue weighted by atomic mass is 9.77. The number of fused-ring (bicyclic) bond motifs is 1. The standard InChI is InChI=1S/C28H32N4O4/c1-18-11-13-28(14-12-18)26(34)32(27(35)31-28)17-25(33)30-15-22(19-7-9-20(36-2)10-8-19)23-16-29-24-6-4-3-5-21(23)24/h3-10,16,18,22,29H,11-15,17H2,1-2H3,(H,30,33)(H,31,35)/t18?,22-,28?/m0/s1. The summed E-state index contributed by atoms with van der Waals surface area (Å²) in [5.41, 5.74) is 2.25. The van der Waals surface area contributed by atoms with E-state index in [1.165, 1.54) is 0 Å². The van der Waals surface area contributed by atoms with Crippen molar-refractivity contribution in [3.05, 3.63) is 65.9 Å². The first-order chi connectivity index (χ1) is 17.4. The van der Waals surface area contributed by atoms with Crippen molar-refractivity contribution in [1.82, 2.24) is 20.5 Å². The highest BCUT2D eigenvalue weighted by atomic mass is 16.5. The molecule has 1 aliphatic heterocycles. The number of urea groups is 1. The highest BCUT2D eigenvalue weighted by Crippen LogP contribution is 2.36. The van der Waals surface area contributed by atoms with Crippen molar-refractivity contribution < 1.29 is 19.1 Å². The predicted octanol–water partition coefficient (Wildman–Crippen LogP) is 3.93. The van der Waals surface area contributed by atoms with Crippen molar-refractivity contribution >= 4 is 28.7 Å². The molecule has 0 radical (unpaired) electrons. The van der Waals surface area contributed by atoms with Gasteiger partial charge < -0.3 is 20.4 Å². The van der Waals surface area contributed by atoms with Crippen molar-refractivity contribution in [3.63, 3.8) is 0 Å². The van der Waals surface area contributed by atoms with Crippen LogP contribution in [0.1, 0.15) is 49.7 Å². The number of carbonyl (C=O) groups is 3. The summed E-state index contributed by atoms with van der Waals surface area (Å²) in [6.07, 6.45) is 4.99. The fraction of sp³-hybridized carbons (Fsp3) is 0.393. The summed E-state index contributed by atoms with van der Waals surface area (Å²) in [4.78, 5) is 43.1. The van der Waals surface area contributed by atoms with Crippen LogP contribution in [0.15, 0.2) is 54.7 Å². The Bertz CT molecular complexity index is 1270. The monoisotopic (exact) mass is 488 g/mol. The maximum Gasteiger partial charge on any atom is 0.325 e.